The Kier molecular flexibility index (Phi) is 3.42. The number of fused-ring (bicyclic) bond motifs is 1. The highest BCUT2D eigenvalue weighted by Crippen LogP contribution is 2.39. The van der Waals surface area contributed by atoms with Crippen molar-refractivity contribution in [3.63, 3.8) is 0 Å². The van der Waals surface area contributed by atoms with Gasteiger partial charge in [0.2, 0.25) is 0 Å². The second kappa shape index (κ2) is 4.13. The fraction of sp³-hybridized carbons (Fsp3) is 1.00. The number of hydrogen-bond donors (Lipinski definition) is 0. The highest BCUT2D eigenvalue weighted by atomic mass is 14.3. The molecule has 0 amide bonds. The summed E-state index contributed by atoms with van der Waals surface area (Å²) < 4.78 is 0. The van der Waals surface area contributed by atoms with Crippen LogP contribution in [0, 0.1) is 11.8 Å². The zero-order valence-corrected chi connectivity index (χ0v) is 6.81. The Morgan fingerprint density at radius 1 is 0.545 bits per heavy atom. The molecule has 0 spiro atoms. The maximum atomic E-state index is 1.56. The Balaban J connectivity index is 0.000000605. The zero-order valence-electron chi connectivity index (χ0n) is 6.81. The molecule has 0 saturated heterocycles. The SMILES string of the molecule is C.C1CCC2CCCCC2C1. The first-order valence-electron chi connectivity index (χ1n) is 4.97. The minimum absolute atomic E-state index is 0. The summed E-state index contributed by atoms with van der Waals surface area (Å²) in [5.41, 5.74) is 0. The topological polar surface area (TPSA) is 0 Å². The Bertz CT molecular complexity index is 80.6. The summed E-state index contributed by atoms with van der Waals surface area (Å²) in [6.07, 6.45) is 12.4. The molecular weight excluding hydrogens is 132 g/mol. The summed E-state index contributed by atoms with van der Waals surface area (Å²) in [7, 11) is 0. The van der Waals surface area contributed by atoms with Crippen LogP contribution in [0.15, 0.2) is 0 Å². The Morgan fingerprint density at radius 3 is 1.09 bits per heavy atom. The van der Waals surface area contributed by atoms with Gasteiger partial charge in [-0.3, -0.25) is 0 Å². The number of rotatable bonds is 0. The van der Waals surface area contributed by atoms with Gasteiger partial charge in [-0.05, 0) is 11.8 Å². The second-order valence-electron chi connectivity index (χ2n) is 4.09. The first-order chi connectivity index (χ1) is 4.97. The van der Waals surface area contributed by atoms with Gasteiger partial charge >= 0.3 is 0 Å². The van der Waals surface area contributed by atoms with E-state index in [1.807, 2.05) is 0 Å². The monoisotopic (exact) mass is 154 g/mol. The predicted molar refractivity (Wildman–Crippen MR) is 50.6 cm³/mol. The third kappa shape index (κ3) is 1.98. The lowest BCUT2D eigenvalue weighted by Gasteiger charge is -2.35. The first-order valence-corrected chi connectivity index (χ1v) is 4.97. The maximum Gasteiger partial charge on any atom is -0.0386 e. The van der Waals surface area contributed by atoms with Gasteiger partial charge in [-0.1, -0.05) is 58.8 Å². The molecule has 0 unspecified atom stereocenters. The van der Waals surface area contributed by atoms with E-state index in [0.717, 1.165) is 11.8 Å². The summed E-state index contributed by atoms with van der Waals surface area (Å²) in [5, 5.41) is 0. The average molecular weight is 154 g/mol. The molecule has 0 nitrogen and oxygen atoms in total. The third-order valence-corrected chi connectivity index (χ3v) is 3.47. The molecule has 0 aromatic heterocycles. The van der Waals surface area contributed by atoms with Gasteiger partial charge in [0.25, 0.3) is 0 Å². The lowest BCUT2D eigenvalue weighted by Crippen LogP contribution is -2.22. The molecule has 0 aromatic carbocycles. The molecule has 0 N–H and O–H groups in total. The van der Waals surface area contributed by atoms with Crippen molar-refractivity contribution in [2.75, 3.05) is 0 Å². The van der Waals surface area contributed by atoms with E-state index in [1.54, 1.807) is 25.7 Å². The third-order valence-electron chi connectivity index (χ3n) is 3.47. The highest BCUT2D eigenvalue weighted by molar-refractivity contribution is 4.78. The van der Waals surface area contributed by atoms with E-state index in [9.17, 15) is 0 Å². The van der Waals surface area contributed by atoms with Crippen molar-refractivity contribution >= 4 is 0 Å². The summed E-state index contributed by atoms with van der Waals surface area (Å²) >= 11 is 0. The van der Waals surface area contributed by atoms with Crippen molar-refractivity contribution in [1.29, 1.82) is 0 Å². The van der Waals surface area contributed by atoms with Gasteiger partial charge in [0, 0.05) is 0 Å². The van der Waals surface area contributed by atoms with Crippen molar-refractivity contribution in [2.24, 2.45) is 11.8 Å². The van der Waals surface area contributed by atoms with Crippen molar-refractivity contribution in [3.05, 3.63) is 0 Å². The van der Waals surface area contributed by atoms with Crippen LogP contribution in [0.4, 0.5) is 0 Å². The van der Waals surface area contributed by atoms with E-state index in [0.29, 0.717) is 0 Å². The van der Waals surface area contributed by atoms with Gasteiger partial charge in [0.1, 0.15) is 0 Å². The lowest BCUT2D eigenvalue weighted by molar-refractivity contribution is 0.171. The van der Waals surface area contributed by atoms with E-state index in [4.69, 9.17) is 0 Å². The van der Waals surface area contributed by atoms with Crippen molar-refractivity contribution in [2.45, 2.75) is 58.8 Å². The van der Waals surface area contributed by atoms with E-state index < -0.39 is 0 Å². The van der Waals surface area contributed by atoms with Crippen LogP contribution < -0.4 is 0 Å². The van der Waals surface area contributed by atoms with Crippen LogP contribution in [0.2, 0.25) is 0 Å². The first kappa shape index (κ1) is 9.09. The average Bonchev–Trinajstić information content (AvgIpc) is 2.05. The molecule has 0 heterocycles. The molecule has 0 aliphatic heterocycles. The Morgan fingerprint density at radius 2 is 0.818 bits per heavy atom. The van der Waals surface area contributed by atoms with Gasteiger partial charge in [-0.2, -0.15) is 0 Å². The zero-order chi connectivity index (χ0) is 6.81. The van der Waals surface area contributed by atoms with E-state index in [1.165, 1.54) is 25.7 Å². The molecule has 2 fully saturated rings. The molecule has 66 valence electrons. The van der Waals surface area contributed by atoms with Crippen LogP contribution in [-0.4, -0.2) is 0 Å². The molecule has 2 saturated carbocycles. The van der Waals surface area contributed by atoms with E-state index in [-0.39, 0.29) is 7.43 Å². The van der Waals surface area contributed by atoms with Crippen LogP contribution >= 0.6 is 0 Å². The molecule has 2 aliphatic rings. The molecule has 2 rings (SSSR count). The lowest BCUT2D eigenvalue weighted by atomic mass is 9.71. The molecule has 0 heteroatoms. The highest BCUT2D eigenvalue weighted by Gasteiger charge is 2.26. The maximum absolute atomic E-state index is 1.56. The fourth-order valence-corrected chi connectivity index (χ4v) is 2.86. The summed E-state index contributed by atoms with van der Waals surface area (Å²) in [5.74, 6) is 2.31. The largest absolute Gasteiger partial charge is 0.0776 e. The van der Waals surface area contributed by atoms with Gasteiger partial charge in [0.15, 0.2) is 0 Å². The van der Waals surface area contributed by atoms with Gasteiger partial charge in [-0.25, -0.2) is 0 Å². The molecular formula is C11H22. The van der Waals surface area contributed by atoms with Gasteiger partial charge in [-0.15, -0.1) is 0 Å². The number of hydrogen-bond acceptors (Lipinski definition) is 0. The molecule has 0 atom stereocenters. The van der Waals surface area contributed by atoms with E-state index in [2.05, 4.69) is 0 Å². The van der Waals surface area contributed by atoms with Crippen molar-refractivity contribution in [1.82, 2.24) is 0 Å². The van der Waals surface area contributed by atoms with Gasteiger partial charge < -0.3 is 0 Å². The van der Waals surface area contributed by atoms with Crippen LogP contribution in [0.5, 0.6) is 0 Å². The Hall–Kier alpha value is 0. The quantitative estimate of drug-likeness (QED) is 0.494. The van der Waals surface area contributed by atoms with Crippen molar-refractivity contribution < 1.29 is 0 Å². The fourth-order valence-electron chi connectivity index (χ4n) is 2.86. The molecule has 11 heavy (non-hydrogen) atoms. The Labute approximate surface area is 71.4 Å². The minimum atomic E-state index is 0. The van der Waals surface area contributed by atoms with Crippen LogP contribution in [0.3, 0.4) is 0 Å². The second-order valence-corrected chi connectivity index (χ2v) is 4.09. The minimum Gasteiger partial charge on any atom is -0.0776 e. The van der Waals surface area contributed by atoms with Crippen LogP contribution in [0.25, 0.3) is 0 Å². The summed E-state index contributed by atoms with van der Waals surface area (Å²) in [6.45, 7) is 0. The molecule has 0 bridgehead atoms. The summed E-state index contributed by atoms with van der Waals surface area (Å²) in [4.78, 5) is 0. The van der Waals surface area contributed by atoms with Crippen molar-refractivity contribution in [3.8, 4) is 0 Å². The smallest absolute Gasteiger partial charge is 0.0386 e. The molecule has 0 radical (unpaired) electrons. The predicted octanol–water partition coefficient (Wildman–Crippen LogP) is 4.00. The molecule has 0 aromatic rings. The molecule has 2 aliphatic carbocycles. The standard InChI is InChI=1S/C10H18.CH4/c1-2-6-10-8-4-3-7-9(10)5-1;/h9-10H,1-8H2;1H4. The van der Waals surface area contributed by atoms with E-state index >= 15 is 0 Å². The van der Waals surface area contributed by atoms with Gasteiger partial charge in [0.05, 0.1) is 0 Å². The van der Waals surface area contributed by atoms with Crippen LogP contribution in [0.1, 0.15) is 58.8 Å². The normalized spacial score (nSPS) is 37.1. The van der Waals surface area contributed by atoms with Crippen LogP contribution in [-0.2, 0) is 0 Å². The summed E-state index contributed by atoms with van der Waals surface area (Å²) in [6, 6.07) is 0.